The Kier molecular flexibility index (Phi) is 4.90. The highest BCUT2D eigenvalue weighted by molar-refractivity contribution is 7.89. The quantitative estimate of drug-likeness (QED) is 0.837. The number of aromatic nitrogens is 1. The van der Waals surface area contributed by atoms with Crippen LogP contribution in [-0.2, 0) is 16.4 Å². The van der Waals surface area contributed by atoms with Gasteiger partial charge in [0.2, 0.25) is 10.0 Å². The van der Waals surface area contributed by atoms with E-state index in [1.165, 1.54) is 0 Å². The van der Waals surface area contributed by atoms with Crippen LogP contribution in [-0.4, -0.2) is 31.2 Å². The molecule has 6 heteroatoms. The third-order valence-corrected chi connectivity index (χ3v) is 4.96. The number of nitrogens with two attached hydrogens (primary N) is 1. The lowest BCUT2D eigenvalue weighted by molar-refractivity contribution is 0.361. The van der Waals surface area contributed by atoms with Crippen molar-refractivity contribution in [3.63, 3.8) is 0 Å². The van der Waals surface area contributed by atoms with Crippen LogP contribution in [0.5, 0.6) is 0 Å². The van der Waals surface area contributed by atoms with Gasteiger partial charge in [0.15, 0.2) is 0 Å². The SMILES string of the molecule is NC1CCCCC1NS(=O)(=O)CCc1ccncc1. The summed E-state index contributed by atoms with van der Waals surface area (Å²) in [5.41, 5.74) is 6.94. The number of pyridine rings is 1. The first kappa shape index (κ1) is 14.4. The fraction of sp³-hybridized carbons (Fsp3) is 0.615. The average Bonchev–Trinajstić information content (AvgIpc) is 2.40. The molecule has 2 atom stereocenters. The maximum atomic E-state index is 12.0. The van der Waals surface area contributed by atoms with E-state index in [0.717, 1.165) is 31.2 Å². The van der Waals surface area contributed by atoms with Gasteiger partial charge in [-0.15, -0.1) is 0 Å². The van der Waals surface area contributed by atoms with Crippen molar-refractivity contribution in [1.82, 2.24) is 9.71 Å². The number of hydrogen-bond donors (Lipinski definition) is 2. The summed E-state index contributed by atoms with van der Waals surface area (Å²) >= 11 is 0. The van der Waals surface area contributed by atoms with Gasteiger partial charge < -0.3 is 5.73 Å². The highest BCUT2D eigenvalue weighted by Crippen LogP contribution is 2.17. The molecule has 0 aliphatic heterocycles. The second-order valence-electron chi connectivity index (χ2n) is 5.10. The van der Waals surface area contributed by atoms with Crippen molar-refractivity contribution in [3.8, 4) is 0 Å². The zero-order chi connectivity index (χ0) is 13.7. The van der Waals surface area contributed by atoms with Crippen LogP contribution in [0.15, 0.2) is 24.5 Å². The predicted octanol–water partition coefficient (Wildman–Crippen LogP) is 0.813. The van der Waals surface area contributed by atoms with E-state index in [1.54, 1.807) is 12.4 Å². The molecule has 106 valence electrons. The fourth-order valence-corrected chi connectivity index (χ4v) is 3.77. The van der Waals surface area contributed by atoms with Crippen molar-refractivity contribution in [2.75, 3.05) is 5.75 Å². The Morgan fingerprint density at radius 2 is 1.95 bits per heavy atom. The largest absolute Gasteiger partial charge is 0.326 e. The second kappa shape index (κ2) is 6.45. The van der Waals surface area contributed by atoms with E-state index >= 15 is 0 Å². The molecule has 1 aliphatic carbocycles. The molecule has 0 radical (unpaired) electrons. The van der Waals surface area contributed by atoms with E-state index < -0.39 is 10.0 Å². The lowest BCUT2D eigenvalue weighted by Gasteiger charge is -2.29. The van der Waals surface area contributed by atoms with Gasteiger partial charge in [0, 0.05) is 24.5 Å². The summed E-state index contributed by atoms with van der Waals surface area (Å²) in [6, 6.07) is 3.52. The van der Waals surface area contributed by atoms with Crippen molar-refractivity contribution in [3.05, 3.63) is 30.1 Å². The maximum absolute atomic E-state index is 12.0. The Labute approximate surface area is 114 Å². The molecule has 1 aliphatic rings. The zero-order valence-electron chi connectivity index (χ0n) is 11.0. The normalized spacial score (nSPS) is 24.3. The summed E-state index contributed by atoms with van der Waals surface area (Å²) in [7, 11) is -3.26. The molecular formula is C13H21N3O2S. The molecule has 2 unspecified atom stereocenters. The van der Waals surface area contributed by atoms with Crippen molar-refractivity contribution in [2.24, 2.45) is 5.73 Å². The summed E-state index contributed by atoms with van der Waals surface area (Å²) in [6.07, 6.45) is 7.73. The molecule has 0 amide bonds. The van der Waals surface area contributed by atoms with Gasteiger partial charge in [-0.2, -0.15) is 0 Å². The van der Waals surface area contributed by atoms with Gasteiger partial charge in [0.05, 0.1) is 5.75 Å². The van der Waals surface area contributed by atoms with E-state index in [2.05, 4.69) is 9.71 Å². The smallest absolute Gasteiger partial charge is 0.212 e. The summed E-state index contributed by atoms with van der Waals surface area (Å²) in [6.45, 7) is 0. The van der Waals surface area contributed by atoms with Crippen molar-refractivity contribution in [2.45, 2.75) is 44.2 Å². The minimum atomic E-state index is -3.26. The van der Waals surface area contributed by atoms with Gasteiger partial charge in [0.25, 0.3) is 0 Å². The standard InChI is InChI=1S/C13H21N3O2S/c14-12-3-1-2-4-13(12)16-19(17,18)10-7-11-5-8-15-9-6-11/h5-6,8-9,12-13,16H,1-4,7,10,14H2. The van der Waals surface area contributed by atoms with Crippen LogP contribution in [0.4, 0.5) is 0 Å². The van der Waals surface area contributed by atoms with Crippen LogP contribution in [0.2, 0.25) is 0 Å². The molecule has 0 bridgehead atoms. The first-order valence-electron chi connectivity index (χ1n) is 6.71. The Hall–Kier alpha value is -0.980. The van der Waals surface area contributed by atoms with E-state index in [1.807, 2.05) is 12.1 Å². The van der Waals surface area contributed by atoms with E-state index in [9.17, 15) is 8.42 Å². The van der Waals surface area contributed by atoms with E-state index in [0.29, 0.717) is 6.42 Å². The predicted molar refractivity (Wildman–Crippen MR) is 75.1 cm³/mol. The first-order valence-corrected chi connectivity index (χ1v) is 8.36. The number of aryl methyl sites for hydroxylation is 1. The maximum Gasteiger partial charge on any atom is 0.212 e. The number of hydrogen-bond acceptors (Lipinski definition) is 4. The molecular weight excluding hydrogens is 262 g/mol. The number of nitrogens with one attached hydrogen (secondary N) is 1. The van der Waals surface area contributed by atoms with Crippen molar-refractivity contribution in [1.29, 1.82) is 0 Å². The summed E-state index contributed by atoms with van der Waals surface area (Å²) < 4.78 is 26.8. The average molecular weight is 283 g/mol. The number of rotatable bonds is 5. The van der Waals surface area contributed by atoms with E-state index in [-0.39, 0.29) is 17.8 Å². The zero-order valence-corrected chi connectivity index (χ0v) is 11.8. The third-order valence-electron chi connectivity index (χ3n) is 3.56. The molecule has 1 heterocycles. The van der Waals surface area contributed by atoms with Gasteiger partial charge in [-0.05, 0) is 37.0 Å². The van der Waals surface area contributed by atoms with Gasteiger partial charge in [-0.25, -0.2) is 13.1 Å². The first-order chi connectivity index (χ1) is 9.07. The highest BCUT2D eigenvalue weighted by Gasteiger charge is 2.25. The van der Waals surface area contributed by atoms with Crippen LogP contribution in [0.1, 0.15) is 31.2 Å². The minimum absolute atomic E-state index is 0.0514. The second-order valence-corrected chi connectivity index (χ2v) is 6.97. The molecule has 1 fully saturated rings. The minimum Gasteiger partial charge on any atom is -0.326 e. The molecule has 1 saturated carbocycles. The number of nitrogens with zero attached hydrogens (tertiary/aromatic N) is 1. The van der Waals surface area contributed by atoms with Crippen molar-refractivity contribution >= 4 is 10.0 Å². The Bertz CT molecular complexity index is 490. The van der Waals surface area contributed by atoms with Crippen LogP contribution in [0.3, 0.4) is 0 Å². The van der Waals surface area contributed by atoms with E-state index in [4.69, 9.17) is 5.73 Å². The topological polar surface area (TPSA) is 85.1 Å². The van der Waals surface area contributed by atoms with Gasteiger partial charge in [-0.3, -0.25) is 4.98 Å². The lowest BCUT2D eigenvalue weighted by atomic mass is 9.92. The monoisotopic (exact) mass is 283 g/mol. The van der Waals surface area contributed by atoms with Gasteiger partial charge in [-0.1, -0.05) is 12.8 Å². The van der Waals surface area contributed by atoms with Gasteiger partial charge >= 0.3 is 0 Å². The summed E-state index contributed by atoms with van der Waals surface area (Å²) in [4.78, 5) is 3.91. The molecule has 0 aromatic carbocycles. The molecule has 2 rings (SSSR count). The third kappa shape index (κ3) is 4.56. The molecule has 3 N–H and O–H groups in total. The fourth-order valence-electron chi connectivity index (χ4n) is 2.40. The molecule has 1 aromatic rings. The summed E-state index contributed by atoms with van der Waals surface area (Å²) in [5.74, 6) is 0.0975. The Morgan fingerprint density at radius 1 is 1.26 bits per heavy atom. The molecule has 0 spiro atoms. The lowest BCUT2D eigenvalue weighted by Crippen LogP contribution is -2.49. The molecule has 0 saturated heterocycles. The molecule has 1 aromatic heterocycles. The van der Waals surface area contributed by atoms with Crippen LogP contribution in [0.25, 0.3) is 0 Å². The van der Waals surface area contributed by atoms with Crippen LogP contribution >= 0.6 is 0 Å². The highest BCUT2D eigenvalue weighted by atomic mass is 32.2. The van der Waals surface area contributed by atoms with Gasteiger partial charge in [0.1, 0.15) is 0 Å². The Morgan fingerprint density at radius 3 is 2.63 bits per heavy atom. The summed E-state index contributed by atoms with van der Waals surface area (Å²) in [5, 5.41) is 0. The van der Waals surface area contributed by atoms with Crippen molar-refractivity contribution < 1.29 is 8.42 Å². The molecule has 5 nitrogen and oxygen atoms in total. The Balaban J connectivity index is 1.88. The van der Waals surface area contributed by atoms with Crippen LogP contribution < -0.4 is 10.5 Å². The molecule has 19 heavy (non-hydrogen) atoms. The van der Waals surface area contributed by atoms with Crippen LogP contribution in [0, 0.1) is 0 Å². The number of sulfonamides is 1.